The van der Waals surface area contributed by atoms with Gasteiger partial charge < -0.3 is 11.1 Å². The molecule has 3 N–H and O–H groups in total. The van der Waals surface area contributed by atoms with Crippen LogP contribution in [0.5, 0.6) is 0 Å². The van der Waals surface area contributed by atoms with Gasteiger partial charge in [-0.1, -0.05) is 20.3 Å². The number of hydrogen-bond donors (Lipinski definition) is 2. The molecule has 1 rings (SSSR count). The Hall–Kier alpha value is -0.610. The molecule has 0 aliphatic heterocycles. The predicted molar refractivity (Wildman–Crippen MR) is 89.2 cm³/mol. The first kappa shape index (κ1) is 18.4. The molecule has 0 aromatic rings. The molecule has 0 heterocycles. The Morgan fingerprint density at radius 1 is 1.19 bits per heavy atom. The van der Waals surface area contributed by atoms with Crippen LogP contribution in [0, 0.1) is 0 Å². The van der Waals surface area contributed by atoms with Crippen molar-refractivity contribution in [1.29, 1.82) is 0 Å². The molecule has 0 radical (unpaired) electrons. The summed E-state index contributed by atoms with van der Waals surface area (Å²) in [5, 5.41) is 3.16. The lowest BCUT2D eigenvalue weighted by molar-refractivity contribution is -0.127. The fourth-order valence-corrected chi connectivity index (χ4v) is 3.40. The van der Waals surface area contributed by atoms with Crippen LogP contribution in [0.3, 0.4) is 0 Å². The molecule has 0 aromatic carbocycles. The molecule has 1 fully saturated rings. The maximum atomic E-state index is 12.5. The minimum atomic E-state index is -0.0384. The second-order valence-electron chi connectivity index (χ2n) is 6.68. The second-order valence-corrected chi connectivity index (χ2v) is 6.68. The van der Waals surface area contributed by atoms with Gasteiger partial charge in [0.25, 0.3) is 0 Å². The molecule has 1 aliphatic carbocycles. The van der Waals surface area contributed by atoms with Crippen LogP contribution in [0.15, 0.2) is 0 Å². The third-order valence-corrected chi connectivity index (χ3v) is 4.68. The normalized spacial score (nSPS) is 25.6. The van der Waals surface area contributed by atoms with Crippen LogP contribution in [0.25, 0.3) is 0 Å². The van der Waals surface area contributed by atoms with Crippen LogP contribution in [-0.2, 0) is 4.79 Å². The van der Waals surface area contributed by atoms with Gasteiger partial charge in [-0.05, 0) is 58.9 Å². The molecule has 0 bridgehead atoms. The molecule has 1 aliphatic rings. The Balaban J connectivity index is 2.59. The fraction of sp³-hybridized carbons (Fsp3) is 0.941. The SMILES string of the molecule is CCCC(C)NC(=O)C(C)N(CCC)C1CCC(N)CC1. The summed E-state index contributed by atoms with van der Waals surface area (Å²) in [5.74, 6) is 0.180. The Labute approximate surface area is 130 Å². The molecule has 2 unspecified atom stereocenters. The average molecular weight is 297 g/mol. The first-order valence-electron chi connectivity index (χ1n) is 8.81. The van der Waals surface area contributed by atoms with Gasteiger partial charge in [0.2, 0.25) is 5.91 Å². The summed E-state index contributed by atoms with van der Waals surface area (Å²) in [7, 11) is 0. The van der Waals surface area contributed by atoms with Crippen LogP contribution in [-0.4, -0.2) is 41.5 Å². The first-order chi connectivity index (χ1) is 9.99. The average Bonchev–Trinajstić information content (AvgIpc) is 2.45. The van der Waals surface area contributed by atoms with Gasteiger partial charge in [0.05, 0.1) is 6.04 Å². The van der Waals surface area contributed by atoms with Crippen molar-refractivity contribution >= 4 is 5.91 Å². The summed E-state index contributed by atoms with van der Waals surface area (Å²) in [6.07, 6.45) is 7.67. The largest absolute Gasteiger partial charge is 0.352 e. The summed E-state index contributed by atoms with van der Waals surface area (Å²) in [4.78, 5) is 14.9. The number of amides is 1. The van der Waals surface area contributed by atoms with Crippen molar-refractivity contribution in [3.8, 4) is 0 Å². The van der Waals surface area contributed by atoms with E-state index in [1.165, 1.54) is 0 Å². The van der Waals surface area contributed by atoms with Gasteiger partial charge in [-0.2, -0.15) is 0 Å². The Morgan fingerprint density at radius 3 is 2.33 bits per heavy atom. The summed E-state index contributed by atoms with van der Waals surface area (Å²) in [6.45, 7) is 9.49. The minimum Gasteiger partial charge on any atom is -0.352 e. The zero-order valence-corrected chi connectivity index (χ0v) is 14.4. The summed E-state index contributed by atoms with van der Waals surface area (Å²) in [5.41, 5.74) is 6.01. The molecule has 0 saturated heterocycles. The summed E-state index contributed by atoms with van der Waals surface area (Å²) < 4.78 is 0. The van der Waals surface area contributed by atoms with E-state index in [0.717, 1.165) is 51.5 Å². The van der Waals surface area contributed by atoms with Gasteiger partial charge in [-0.15, -0.1) is 0 Å². The minimum absolute atomic E-state index is 0.0384. The van der Waals surface area contributed by atoms with Gasteiger partial charge in [-0.3, -0.25) is 9.69 Å². The zero-order chi connectivity index (χ0) is 15.8. The number of hydrogen-bond acceptors (Lipinski definition) is 3. The molecule has 4 nitrogen and oxygen atoms in total. The quantitative estimate of drug-likeness (QED) is 0.724. The maximum Gasteiger partial charge on any atom is 0.237 e. The smallest absolute Gasteiger partial charge is 0.237 e. The third kappa shape index (κ3) is 5.95. The monoisotopic (exact) mass is 297 g/mol. The topological polar surface area (TPSA) is 58.4 Å². The van der Waals surface area contributed by atoms with Crippen molar-refractivity contribution in [1.82, 2.24) is 10.2 Å². The number of carbonyl (C=O) groups excluding carboxylic acids is 1. The van der Waals surface area contributed by atoms with Crippen molar-refractivity contribution in [3.63, 3.8) is 0 Å². The highest BCUT2D eigenvalue weighted by molar-refractivity contribution is 5.81. The van der Waals surface area contributed by atoms with Crippen LogP contribution in [0.1, 0.15) is 72.6 Å². The highest BCUT2D eigenvalue weighted by Crippen LogP contribution is 2.24. The number of nitrogens with zero attached hydrogens (tertiary/aromatic N) is 1. The Morgan fingerprint density at radius 2 is 1.81 bits per heavy atom. The molecule has 0 spiro atoms. The number of nitrogens with one attached hydrogen (secondary N) is 1. The lowest BCUT2D eigenvalue weighted by Crippen LogP contribution is -2.52. The van der Waals surface area contributed by atoms with Crippen LogP contribution in [0.2, 0.25) is 0 Å². The third-order valence-electron chi connectivity index (χ3n) is 4.68. The number of carbonyl (C=O) groups is 1. The van der Waals surface area contributed by atoms with E-state index in [4.69, 9.17) is 5.73 Å². The van der Waals surface area contributed by atoms with E-state index >= 15 is 0 Å². The highest BCUT2D eigenvalue weighted by Gasteiger charge is 2.30. The molecular formula is C17H35N3O. The van der Waals surface area contributed by atoms with E-state index in [2.05, 4.69) is 37.9 Å². The van der Waals surface area contributed by atoms with E-state index in [1.807, 2.05) is 0 Å². The zero-order valence-electron chi connectivity index (χ0n) is 14.4. The molecular weight excluding hydrogens is 262 g/mol. The molecule has 4 heteroatoms. The predicted octanol–water partition coefficient (Wildman–Crippen LogP) is 2.66. The van der Waals surface area contributed by atoms with E-state index < -0.39 is 0 Å². The molecule has 1 amide bonds. The van der Waals surface area contributed by atoms with Gasteiger partial charge in [0, 0.05) is 18.1 Å². The highest BCUT2D eigenvalue weighted by atomic mass is 16.2. The van der Waals surface area contributed by atoms with Crippen LogP contribution in [0.4, 0.5) is 0 Å². The lowest BCUT2D eigenvalue weighted by atomic mass is 9.90. The molecule has 21 heavy (non-hydrogen) atoms. The van der Waals surface area contributed by atoms with Crippen molar-refractivity contribution in [3.05, 3.63) is 0 Å². The van der Waals surface area contributed by atoms with Gasteiger partial charge in [-0.25, -0.2) is 0 Å². The van der Waals surface area contributed by atoms with Crippen molar-refractivity contribution in [2.24, 2.45) is 5.73 Å². The fourth-order valence-electron chi connectivity index (χ4n) is 3.40. The van der Waals surface area contributed by atoms with Gasteiger partial charge >= 0.3 is 0 Å². The van der Waals surface area contributed by atoms with E-state index in [-0.39, 0.29) is 18.0 Å². The number of nitrogens with two attached hydrogens (primary N) is 1. The van der Waals surface area contributed by atoms with Crippen molar-refractivity contribution < 1.29 is 4.79 Å². The molecule has 1 saturated carbocycles. The van der Waals surface area contributed by atoms with E-state index in [1.54, 1.807) is 0 Å². The Bertz CT molecular complexity index is 300. The first-order valence-corrected chi connectivity index (χ1v) is 8.81. The van der Waals surface area contributed by atoms with Gasteiger partial charge in [0.1, 0.15) is 0 Å². The molecule has 2 atom stereocenters. The van der Waals surface area contributed by atoms with E-state index in [0.29, 0.717) is 12.1 Å². The molecule has 124 valence electrons. The number of rotatable bonds is 8. The maximum absolute atomic E-state index is 12.5. The molecule has 0 aromatic heterocycles. The summed E-state index contributed by atoms with van der Waals surface area (Å²) >= 11 is 0. The van der Waals surface area contributed by atoms with Crippen molar-refractivity contribution in [2.45, 2.75) is 96.8 Å². The van der Waals surface area contributed by atoms with Crippen LogP contribution >= 0.6 is 0 Å². The summed E-state index contributed by atoms with van der Waals surface area (Å²) in [6, 6.07) is 1.11. The Kier molecular flexibility index (Phi) is 8.27. The van der Waals surface area contributed by atoms with Gasteiger partial charge in [0.15, 0.2) is 0 Å². The van der Waals surface area contributed by atoms with Crippen molar-refractivity contribution in [2.75, 3.05) is 6.54 Å². The second kappa shape index (κ2) is 9.42. The standard InChI is InChI=1S/C17H35N3O/c1-5-7-13(3)19-17(21)14(4)20(12-6-2)16-10-8-15(18)9-11-16/h13-16H,5-12,18H2,1-4H3,(H,19,21). The van der Waals surface area contributed by atoms with E-state index in [9.17, 15) is 4.79 Å². The lowest BCUT2D eigenvalue weighted by Gasteiger charge is -2.39. The van der Waals surface area contributed by atoms with Crippen LogP contribution < -0.4 is 11.1 Å².